The van der Waals surface area contributed by atoms with Gasteiger partial charge in [-0.2, -0.15) is 0 Å². The third-order valence-corrected chi connectivity index (χ3v) is 10.2. The Morgan fingerprint density at radius 1 is 1.00 bits per heavy atom. The van der Waals surface area contributed by atoms with Crippen molar-refractivity contribution in [2.24, 2.45) is 11.8 Å². The average molecular weight is 381 g/mol. The van der Waals surface area contributed by atoms with E-state index >= 15 is 0 Å². The van der Waals surface area contributed by atoms with E-state index in [1.807, 2.05) is 3.59 Å². The molecular weight excluding hydrogens is 346 g/mol. The van der Waals surface area contributed by atoms with Crippen molar-refractivity contribution in [2.75, 3.05) is 0 Å². The molecule has 0 amide bonds. The van der Waals surface area contributed by atoms with Crippen LogP contribution in [-0.4, -0.2) is 25.9 Å². The van der Waals surface area contributed by atoms with Crippen LogP contribution in [0.2, 0.25) is 22.5 Å². The zero-order chi connectivity index (χ0) is 15.9. The Labute approximate surface area is 135 Å². The molecule has 0 radical (unpaired) electrons. The van der Waals surface area contributed by atoms with Crippen LogP contribution in [0, 0.1) is 23.6 Å². The van der Waals surface area contributed by atoms with Crippen molar-refractivity contribution in [3.63, 3.8) is 0 Å². The van der Waals surface area contributed by atoms with Gasteiger partial charge in [0, 0.05) is 0 Å². The molecular formula is C18H35BSn. The number of hydrogen-bond donors (Lipinski definition) is 0. The van der Waals surface area contributed by atoms with Crippen molar-refractivity contribution < 1.29 is 0 Å². The Hall–Kier alpha value is 0.164. The molecule has 0 saturated heterocycles. The monoisotopic (exact) mass is 382 g/mol. The van der Waals surface area contributed by atoms with Gasteiger partial charge in [-0.15, -0.1) is 0 Å². The van der Waals surface area contributed by atoms with Crippen LogP contribution in [-0.2, 0) is 0 Å². The Kier molecular flexibility index (Phi) is 9.31. The van der Waals surface area contributed by atoms with E-state index in [2.05, 4.69) is 70.1 Å². The van der Waals surface area contributed by atoms with Gasteiger partial charge in [0.1, 0.15) is 0 Å². The zero-order valence-electron chi connectivity index (χ0n) is 15.4. The molecule has 0 fully saturated rings. The number of rotatable bonds is 6. The van der Waals surface area contributed by atoms with E-state index in [0.717, 1.165) is 5.92 Å². The molecule has 0 aromatic heterocycles. The van der Waals surface area contributed by atoms with E-state index in [4.69, 9.17) is 0 Å². The zero-order valence-corrected chi connectivity index (χ0v) is 18.2. The Morgan fingerprint density at radius 3 is 1.75 bits per heavy atom. The molecule has 0 aliphatic carbocycles. The Balaban J connectivity index is 6.11. The quantitative estimate of drug-likeness (QED) is 0.399. The van der Waals surface area contributed by atoms with E-state index in [1.165, 1.54) is 19.1 Å². The second kappa shape index (κ2) is 9.24. The molecule has 0 aliphatic heterocycles. The van der Waals surface area contributed by atoms with Gasteiger partial charge < -0.3 is 0 Å². The number of allylic oxidation sites excluding steroid dienone is 2. The molecule has 0 atom stereocenters. The van der Waals surface area contributed by atoms with Crippen LogP contribution >= 0.6 is 0 Å². The minimum atomic E-state index is -1.35. The molecule has 0 saturated carbocycles. The molecule has 0 aromatic rings. The van der Waals surface area contributed by atoms with Gasteiger partial charge in [0.15, 0.2) is 0 Å². The molecule has 0 unspecified atom stereocenters. The molecule has 0 N–H and O–H groups in total. The van der Waals surface area contributed by atoms with Crippen LogP contribution in [0.4, 0.5) is 0 Å². The first-order valence-corrected chi connectivity index (χ1v) is 15.6. The van der Waals surface area contributed by atoms with Crippen molar-refractivity contribution in [2.45, 2.75) is 77.4 Å². The molecule has 0 aliphatic rings. The third-order valence-electron chi connectivity index (χ3n) is 4.55. The van der Waals surface area contributed by atoms with Gasteiger partial charge in [0.25, 0.3) is 0 Å². The van der Waals surface area contributed by atoms with E-state index < -0.39 is 25.9 Å². The van der Waals surface area contributed by atoms with Crippen LogP contribution in [0.1, 0.15) is 54.9 Å². The van der Waals surface area contributed by atoms with E-state index in [1.54, 1.807) is 5.47 Å². The summed E-state index contributed by atoms with van der Waals surface area (Å²) in [5, 5.41) is 0. The van der Waals surface area contributed by atoms with Gasteiger partial charge in [-0.1, -0.05) is 0 Å². The van der Waals surface area contributed by atoms with Gasteiger partial charge in [-0.25, -0.2) is 0 Å². The molecule has 0 heterocycles. The first kappa shape index (κ1) is 20.2. The molecule has 0 rings (SSSR count). The summed E-state index contributed by atoms with van der Waals surface area (Å²) in [7, 11) is 0. The first-order chi connectivity index (χ1) is 9.25. The maximum absolute atomic E-state index is 3.76. The first-order valence-electron chi connectivity index (χ1n) is 8.51. The summed E-state index contributed by atoms with van der Waals surface area (Å²) in [5.41, 5.74) is 1.76. The predicted octanol–water partition coefficient (Wildman–Crippen LogP) is 5.87. The van der Waals surface area contributed by atoms with Gasteiger partial charge in [0.05, 0.1) is 0 Å². The summed E-state index contributed by atoms with van der Waals surface area (Å²) in [6.45, 7) is 16.2. The molecule has 114 valence electrons. The molecule has 20 heavy (non-hydrogen) atoms. The predicted molar refractivity (Wildman–Crippen MR) is 99.0 cm³/mol. The van der Waals surface area contributed by atoms with Crippen LogP contribution in [0.3, 0.4) is 0 Å². The van der Waals surface area contributed by atoms with Crippen LogP contribution in [0.5, 0.6) is 0 Å². The fraction of sp³-hybridized carbons (Fsp3) is 0.778. The second-order valence-electron chi connectivity index (χ2n) is 6.96. The number of hydrogen-bond acceptors (Lipinski definition) is 0. The van der Waals surface area contributed by atoms with E-state index in [9.17, 15) is 0 Å². The van der Waals surface area contributed by atoms with Crippen LogP contribution in [0.25, 0.3) is 0 Å². The van der Waals surface area contributed by atoms with Crippen molar-refractivity contribution in [3.05, 3.63) is 9.06 Å². The summed E-state index contributed by atoms with van der Waals surface area (Å²) in [5.74, 6) is 8.46. The van der Waals surface area contributed by atoms with Gasteiger partial charge >= 0.3 is 136 Å². The van der Waals surface area contributed by atoms with Gasteiger partial charge in [-0.05, 0) is 0 Å². The maximum atomic E-state index is 3.76. The molecule has 0 nitrogen and oxygen atoms in total. The van der Waals surface area contributed by atoms with Gasteiger partial charge in [0.2, 0.25) is 0 Å². The summed E-state index contributed by atoms with van der Waals surface area (Å²) in [6, 6.07) is 0. The van der Waals surface area contributed by atoms with Crippen LogP contribution < -0.4 is 0 Å². The normalized spacial score (nSPS) is 13.2. The fourth-order valence-electron chi connectivity index (χ4n) is 3.55. The minimum absolute atomic E-state index is 0.483. The molecule has 0 aromatic carbocycles. The molecule has 0 bridgehead atoms. The SMILES string of the molecule is CC/C(=[C](\C(C)C)[Sn+]([CH3])[CH3])[B-](C#CC(C)C)(CC)CC. The van der Waals surface area contributed by atoms with Crippen LogP contribution in [0.15, 0.2) is 9.06 Å². The fourth-order valence-corrected chi connectivity index (χ4v) is 9.97. The van der Waals surface area contributed by atoms with E-state index in [0.29, 0.717) is 5.92 Å². The third kappa shape index (κ3) is 5.17. The van der Waals surface area contributed by atoms with Crippen molar-refractivity contribution in [1.29, 1.82) is 0 Å². The standard InChI is InChI=1S/C16H29B.2CH3.Sn/c1-8-16(13-15(6)7)17(9-2,10-3)12-11-14(4)5;;;/h14-15H,8-10H2,1-7H3;2*1H3;/q-1;;;+1. The summed E-state index contributed by atoms with van der Waals surface area (Å²) in [4.78, 5) is 5.07. The van der Waals surface area contributed by atoms with Gasteiger partial charge in [-0.3, -0.25) is 0 Å². The van der Waals surface area contributed by atoms with Crippen molar-refractivity contribution in [3.8, 4) is 11.7 Å². The summed E-state index contributed by atoms with van der Waals surface area (Å²) >= 11 is -1.35. The Morgan fingerprint density at radius 2 is 1.50 bits per heavy atom. The molecule has 2 heteroatoms. The topological polar surface area (TPSA) is 0 Å². The second-order valence-corrected chi connectivity index (χ2v) is 14.2. The average Bonchev–Trinajstić information content (AvgIpc) is 2.37. The summed E-state index contributed by atoms with van der Waals surface area (Å²) < 4.78 is 1.86. The van der Waals surface area contributed by atoms with E-state index in [-0.39, 0.29) is 0 Å². The molecule has 0 spiro atoms. The summed E-state index contributed by atoms with van der Waals surface area (Å²) in [6.07, 6.45) is 3.00. The van der Waals surface area contributed by atoms with Crippen molar-refractivity contribution >= 4 is 25.9 Å². The Bertz CT molecular complexity index is 366. The van der Waals surface area contributed by atoms with Crippen molar-refractivity contribution in [1.82, 2.24) is 0 Å².